The van der Waals surface area contributed by atoms with Crippen molar-refractivity contribution in [3.8, 4) is 5.75 Å². The number of aliphatic hydroxyl groups is 1. The van der Waals surface area contributed by atoms with Gasteiger partial charge >= 0.3 is 0 Å². The highest BCUT2D eigenvalue weighted by atomic mass is 19.1. The minimum Gasteiger partial charge on any atom is -0.480 e. The van der Waals surface area contributed by atoms with Crippen LogP contribution in [0.25, 0.3) is 0 Å². The van der Waals surface area contributed by atoms with Crippen LogP contribution >= 0.6 is 0 Å². The summed E-state index contributed by atoms with van der Waals surface area (Å²) in [7, 11) is 0. The van der Waals surface area contributed by atoms with Gasteiger partial charge < -0.3 is 15.2 Å². The number of carbonyl (C=O) groups is 1. The topological polar surface area (TPSA) is 58.6 Å². The van der Waals surface area contributed by atoms with E-state index in [2.05, 4.69) is 5.32 Å². The van der Waals surface area contributed by atoms with Crippen molar-refractivity contribution in [1.29, 1.82) is 0 Å². The molecule has 0 saturated heterocycles. The Bertz CT molecular complexity index is 462. The lowest BCUT2D eigenvalue weighted by Crippen LogP contribution is -2.41. The van der Waals surface area contributed by atoms with Crippen molar-refractivity contribution in [2.75, 3.05) is 0 Å². The van der Waals surface area contributed by atoms with Crippen molar-refractivity contribution in [3.63, 3.8) is 0 Å². The van der Waals surface area contributed by atoms with Crippen molar-refractivity contribution in [1.82, 2.24) is 5.32 Å². The quantitative estimate of drug-likeness (QED) is 0.843. The Balaban J connectivity index is 2.81. The molecular formula is C15H22FNO3. The fraction of sp³-hybridized carbons (Fsp3) is 0.533. The van der Waals surface area contributed by atoms with Gasteiger partial charge in [-0.2, -0.15) is 0 Å². The lowest BCUT2D eigenvalue weighted by molar-refractivity contribution is -0.127. The maximum atomic E-state index is 13.3. The summed E-state index contributed by atoms with van der Waals surface area (Å²) in [5.74, 6) is -0.550. The molecule has 0 aromatic heterocycles. The number of halogens is 1. The van der Waals surface area contributed by atoms with Crippen molar-refractivity contribution >= 4 is 5.91 Å². The predicted octanol–water partition coefficient (Wildman–Crippen LogP) is 2.56. The fourth-order valence-corrected chi connectivity index (χ4v) is 1.66. The number of benzene rings is 1. The summed E-state index contributed by atoms with van der Waals surface area (Å²) in [6.45, 7) is 7.01. The first kappa shape index (κ1) is 16.4. The highest BCUT2D eigenvalue weighted by molar-refractivity contribution is 5.81. The van der Waals surface area contributed by atoms with E-state index in [1.807, 2.05) is 13.8 Å². The Morgan fingerprint density at radius 2 is 2.05 bits per heavy atom. The number of aliphatic hydroxyl groups excluding tert-OH is 1. The van der Waals surface area contributed by atoms with Gasteiger partial charge in [-0.15, -0.1) is 0 Å². The van der Waals surface area contributed by atoms with E-state index in [0.29, 0.717) is 5.56 Å². The predicted molar refractivity (Wildman–Crippen MR) is 75.0 cm³/mol. The summed E-state index contributed by atoms with van der Waals surface area (Å²) in [5.41, 5.74) is 0.453. The molecule has 0 radical (unpaired) electrons. The van der Waals surface area contributed by atoms with Crippen LogP contribution in [0, 0.1) is 5.82 Å². The van der Waals surface area contributed by atoms with Crippen molar-refractivity contribution < 1.29 is 19.0 Å². The average molecular weight is 283 g/mol. The SMILES string of the molecule is CCC(C)NC(=O)C(C)Oc1cc(F)ccc1[C@@H](C)O. The average Bonchev–Trinajstić information content (AvgIpc) is 2.38. The molecule has 112 valence electrons. The number of nitrogens with one attached hydrogen (secondary N) is 1. The van der Waals surface area contributed by atoms with Crippen LogP contribution < -0.4 is 10.1 Å². The summed E-state index contributed by atoms with van der Waals surface area (Å²) >= 11 is 0. The van der Waals surface area contributed by atoms with Crippen LogP contribution in [0.2, 0.25) is 0 Å². The summed E-state index contributed by atoms with van der Waals surface area (Å²) < 4.78 is 18.7. The maximum Gasteiger partial charge on any atom is 0.260 e. The Hall–Kier alpha value is -1.62. The Morgan fingerprint density at radius 1 is 1.40 bits per heavy atom. The molecule has 0 aliphatic rings. The zero-order valence-corrected chi connectivity index (χ0v) is 12.3. The van der Waals surface area contributed by atoms with Gasteiger partial charge in [0.1, 0.15) is 11.6 Å². The lowest BCUT2D eigenvalue weighted by Gasteiger charge is -2.20. The maximum absolute atomic E-state index is 13.3. The van der Waals surface area contributed by atoms with E-state index in [4.69, 9.17) is 4.74 Å². The van der Waals surface area contributed by atoms with Crippen molar-refractivity contribution in [2.45, 2.75) is 52.4 Å². The number of rotatable bonds is 6. The first-order valence-corrected chi connectivity index (χ1v) is 6.79. The zero-order valence-electron chi connectivity index (χ0n) is 12.3. The molecular weight excluding hydrogens is 261 g/mol. The molecule has 0 spiro atoms. The van der Waals surface area contributed by atoms with Crippen molar-refractivity contribution in [3.05, 3.63) is 29.6 Å². The molecule has 1 rings (SSSR count). The zero-order chi connectivity index (χ0) is 15.3. The van der Waals surface area contributed by atoms with Crippen LogP contribution in [-0.4, -0.2) is 23.2 Å². The molecule has 1 amide bonds. The Labute approximate surface area is 119 Å². The molecule has 3 atom stereocenters. The minimum absolute atomic E-state index is 0.0531. The first-order chi connectivity index (χ1) is 9.35. The van der Waals surface area contributed by atoms with E-state index in [-0.39, 0.29) is 17.7 Å². The second-order valence-electron chi connectivity index (χ2n) is 4.94. The van der Waals surface area contributed by atoms with Crippen LogP contribution in [0.3, 0.4) is 0 Å². The standard InChI is InChI=1S/C15H22FNO3/c1-5-9(2)17-15(19)11(4)20-14-8-12(16)6-7-13(14)10(3)18/h6-11,18H,5H2,1-4H3,(H,17,19)/t9?,10-,11?/m1/s1. The van der Waals surface area contributed by atoms with Crippen molar-refractivity contribution in [2.24, 2.45) is 0 Å². The number of carbonyl (C=O) groups excluding carboxylic acids is 1. The molecule has 0 aliphatic heterocycles. The second kappa shape index (κ2) is 7.24. The summed E-state index contributed by atoms with van der Waals surface area (Å²) in [4.78, 5) is 11.9. The normalized spacial score (nSPS) is 15.3. The molecule has 4 nitrogen and oxygen atoms in total. The summed E-state index contributed by atoms with van der Waals surface area (Å²) in [6.07, 6.45) is -0.740. The van der Waals surface area contributed by atoms with Gasteiger partial charge in [0.2, 0.25) is 0 Å². The lowest BCUT2D eigenvalue weighted by atomic mass is 10.1. The van der Waals surface area contributed by atoms with Gasteiger partial charge in [-0.1, -0.05) is 6.92 Å². The van der Waals surface area contributed by atoms with Gasteiger partial charge in [0.25, 0.3) is 5.91 Å². The summed E-state index contributed by atoms with van der Waals surface area (Å²) in [5, 5.41) is 12.4. The number of hydrogen-bond acceptors (Lipinski definition) is 3. The van der Waals surface area contributed by atoms with E-state index < -0.39 is 18.0 Å². The molecule has 0 fully saturated rings. The van der Waals surface area contributed by atoms with Gasteiger partial charge in [-0.3, -0.25) is 4.79 Å². The second-order valence-corrected chi connectivity index (χ2v) is 4.94. The Kier molecular flexibility index (Phi) is 5.95. The van der Waals surface area contributed by atoms with Gasteiger partial charge in [0.15, 0.2) is 6.10 Å². The van der Waals surface area contributed by atoms with Crippen LogP contribution in [0.4, 0.5) is 4.39 Å². The third kappa shape index (κ3) is 4.49. The molecule has 2 unspecified atom stereocenters. The van der Waals surface area contributed by atoms with Gasteiger partial charge in [-0.25, -0.2) is 4.39 Å². The monoisotopic (exact) mass is 283 g/mol. The number of ether oxygens (including phenoxy) is 1. The van der Waals surface area contributed by atoms with Crippen LogP contribution in [-0.2, 0) is 4.79 Å². The fourth-order valence-electron chi connectivity index (χ4n) is 1.66. The van der Waals surface area contributed by atoms with Gasteiger partial charge in [-0.05, 0) is 39.3 Å². The van der Waals surface area contributed by atoms with E-state index in [1.165, 1.54) is 18.2 Å². The molecule has 5 heteroatoms. The largest absolute Gasteiger partial charge is 0.480 e. The Morgan fingerprint density at radius 3 is 2.60 bits per heavy atom. The third-order valence-electron chi connectivity index (χ3n) is 3.10. The highest BCUT2D eigenvalue weighted by Crippen LogP contribution is 2.26. The molecule has 1 aromatic carbocycles. The smallest absolute Gasteiger partial charge is 0.260 e. The highest BCUT2D eigenvalue weighted by Gasteiger charge is 2.19. The number of hydrogen-bond donors (Lipinski definition) is 2. The van der Waals surface area contributed by atoms with E-state index in [1.54, 1.807) is 13.8 Å². The van der Waals surface area contributed by atoms with E-state index in [0.717, 1.165) is 6.42 Å². The first-order valence-electron chi connectivity index (χ1n) is 6.79. The van der Waals surface area contributed by atoms with Gasteiger partial charge in [0.05, 0.1) is 6.10 Å². The molecule has 0 saturated carbocycles. The molecule has 0 bridgehead atoms. The molecule has 0 aliphatic carbocycles. The van der Waals surface area contributed by atoms with Crippen LogP contribution in [0.15, 0.2) is 18.2 Å². The third-order valence-corrected chi connectivity index (χ3v) is 3.10. The van der Waals surface area contributed by atoms with E-state index in [9.17, 15) is 14.3 Å². The van der Waals surface area contributed by atoms with Gasteiger partial charge in [0, 0.05) is 17.7 Å². The van der Waals surface area contributed by atoms with Crippen LogP contribution in [0.5, 0.6) is 5.75 Å². The summed E-state index contributed by atoms with van der Waals surface area (Å²) in [6, 6.07) is 3.93. The molecule has 2 N–H and O–H groups in total. The van der Waals surface area contributed by atoms with E-state index >= 15 is 0 Å². The minimum atomic E-state index is -0.796. The molecule has 20 heavy (non-hydrogen) atoms. The molecule has 1 aromatic rings. The van der Waals surface area contributed by atoms with Crippen LogP contribution in [0.1, 0.15) is 45.8 Å². The molecule has 0 heterocycles. The number of amides is 1.